The SMILES string of the molecule is CCOC(=O)Cc1ccccc1OCc1nn(C(C)C)c2ccc(-c3ccc4c(OC)ncc(N)c4c3)cc12. The molecule has 0 fully saturated rings. The fourth-order valence-electron chi connectivity index (χ4n) is 4.77. The van der Waals surface area contributed by atoms with Gasteiger partial charge in [0.15, 0.2) is 0 Å². The van der Waals surface area contributed by atoms with Crippen molar-refractivity contribution in [2.45, 2.75) is 39.8 Å². The first-order valence-electron chi connectivity index (χ1n) is 13.0. The maximum absolute atomic E-state index is 12.1. The Kier molecular flexibility index (Phi) is 7.36. The number of aromatic nitrogens is 3. The largest absolute Gasteiger partial charge is 0.487 e. The number of carbonyl (C=O) groups excluding carboxylic acids is 1. The second-order valence-corrected chi connectivity index (χ2v) is 9.58. The highest BCUT2D eigenvalue weighted by atomic mass is 16.5. The zero-order chi connectivity index (χ0) is 27.5. The van der Waals surface area contributed by atoms with Crippen molar-refractivity contribution in [2.24, 2.45) is 0 Å². The molecule has 0 aliphatic heterocycles. The van der Waals surface area contributed by atoms with Crippen LogP contribution in [0.15, 0.2) is 66.9 Å². The van der Waals surface area contributed by atoms with Gasteiger partial charge >= 0.3 is 5.97 Å². The Morgan fingerprint density at radius 2 is 1.74 bits per heavy atom. The summed E-state index contributed by atoms with van der Waals surface area (Å²) in [5.74, 6) is 0.903. The van der Waals surface area contributed by atoms with E-state index >= 15 is 0 Å². The highest BCUT2D eigenvalue weighted by Gasteiger charge is 2.17. The van der Waals surface area contributed by atoms with E-state index in [1.165, 1.54) is 0 Å². The van der Waals surface area contributed by atoms with Crippen LogP contribution in [0.2, 0.25) is 0 Å². The number of anilines is 1. The molecule has 0 bridgehead atoms. The third-order valence-electron chi connectivity index (χ3n) is 6.66. The van der Waals surface area contributed by atoms with Gasteiger partial charge in [0.25, 0.3) is 0 Å². The zero-order valence-corrected chi connectivity index (χ0v) is 22.6. The summed E-state index contributed by atoms with van der Waals surface area (Å²) in [7, 11) is 1.60. The lowest BCUT2D eigenvalue weighted by Crippen LogP contribution is -2.09. The lowest BCUT2D eigenvalue weighted by Gasteiger charge is -2.11. The summed E-state index contributed by atoms with van der Waals surface area (Å²) in [4.78, 5) is 16.4. The predicted octanol–water partition coefficient (Wildman–Crippen LogP) is 6.11. The van der Waals surface area contributed by atoms with Crippen molar-refractivity contribution in [3.8, 4) is 22.8 Å². The summed E-state index contributed by atoms with van der Waals surface area (Å²) in [5.41, 5.74) is 11.5. The zero-order valence-electron chi connectivity index (χ0n) is 22.6. The van der Waals surface area contributed by atoms with E-state index in [1.54, 1.807) is 20.2 Å². The Morgan fingerprint density at radius 3 is 2.49 bits per heavy atom. The Labute approximate surface area is 227 Å². The van der Waals surface area contributed by atoms with E-state index in [4.69, 9.17) is 25.0 Å². The third-order valence-corrected chi connectivity index (χ3v) is 6.66. The van der Waals surface area contributed by atoms with Gasteiger partial charge in [-0.3, -0.25) is 9.48 Å². The molecule has 5 rings (SSSR count). The van der Waals surface area contributed by atoms with Crippen molar-refractivity contribution in [3.05, 3.63) is 78.1 Å². The van der Waals surface area contributed by atoms with E-state index in [-0.39, 0.29) is 25.0 Å². The van der Waals surface area contributed by atoms with E-state index < -0.39 is 0 Å². The molecule has 2 heterocycles. The molecule has 2 N–H and O–H groups in total. The van der Waals surface area contributed by atoms with Crippen molar-refractivity contribution >= 4 is 33.3 Å². The first kappa shape index (κ1) is 26.0. The molecule has 0 amide bonds. The van der Waals surface area contributed by atoms with E-state index in [1.807, 2.05) is 41.1 Å². The quantitative estimate of drug-likeness (QED) is 0.232. The van der Waals surface area contributed by atoms with Crippen LogP contribution in [0.1, 0.15) is 38.1 Å². The number of carbonyl (C=O) groups is 1. The standard InChI is InChI=1S/C31H32N4O4/c1-5-38-30(36)16-22-8-6-7-9-29(22)39-18-27-25-15-21(11-13-28(25)35(34-27)19(2)3)20-10-12-23-24(14-20)26(32)17-33-31(23)37-4/h6-15,17,19H,5,16,18,32H2,1-4H3. The number of fused-ring (bicyclic) bond motifs is 2. The van der Waals surface area contributed by atoms with Gasteiger partial charge in [0.2, 0.25) is 5.88 Å². The lowest BCUT2D eigenvalue weighted by atomic mass is 9.99. The van der Waals surface area contributed by atoms with Gasteiger partial charge in [0.05, 0.1) is 37.5 Å². The average molecular weight is 525 g/mol. The highest BCUT2D eigenvalue weighted by Crippen LogP contribution is 2.34. The Morgan fingerprint density at radius 1 is 1.00 bits per heavy atom. The lowest BCUT2D eigenvalue weighted by molar-refractivity contribution is -0.142. The van der Waals surface area contributed by atoms with Crippen molar-refractivity contribution in [3.63, 3.8) is 0 Å². The second kappa shape index (κ2) is 11.0. The molecule has 200 valence electrons. The van der Waals surface area contributed by atoms with Gasteiger partial charge in [0.1, 0.15) is 18.1 Å². The first-order chi connectivity index (χ1) is 18.9. The molecule has 0 saturated carbocycles. The molecule has 0 atom stereocenters. The van der Waals surface area contributed by atoms with E-state index in [9.17, 15) is 4.79 Å². The number of hydrogen-bond donors (Lipinski definition) is 1. The second-order valence-electron chi connectivity index (χ2n) is 9.58. The summed E-state index contributed by atoms with van der Waals surface area (Å²) in [6, 6.07) is 20.1. The van der Waals surface area contributed by atoms with E-state index in [2.05, 4.69) is 43.1 Å². The summed E-state index contributed by atoms with van der Waals surface area (Å²) >= 11 is 0. The fourth-order valence-corrected chi connectivity index (χ4v) is 4.77. The number of nitrogen functional groups attached to an aromatic ring is 1. The third kappa shape index (κ3) is 5.23. The van der Waals surface area contributed by atoms with Gasteiger partial charge in [-0.1, -0.05) is 30.3 Å². The van der Waals surface area contributed by atoms with Crippen molar-refractivity contribution in [2.75, 3.05) is 19.5 Å². The number of nitrogens with two attached hydrogens (primary N) is 1. The molecule has 0 unspecified atom stereocenters. The number of benzene rings is 3. The Bertz CT molecular complexity index is 1660. The van der Waals surface area contributed by atoms with Gasteiger partial charge in [-0.05, 0) is 62.2 Å². The fraction of sp³-hybridized carbons (Fsp3) is 0.258. The molecule has 39 heavy (non-hydrogen) atoms. The number of nitrogens with zero attached hydrogens (tertiary/aromatic N) is 3. The van der Waals surface area contributed by atoms with Crippen molar-refractivity contribution in [1.29, 1.82) is 0 Å². The highest BCUT2D eigenvalue weighted by molar-refractivity contribution is 5.99. The topological polar surface area (TPSA) is 101 Å². The van der Waals surface area contributed by atoms with Crippen LogP contribution in [-0.4, -0.2) is 34.5 Å². The number of hydrogen-bond acceptors (Lipinski definition) is 7. The van der Waals surface area contributed by atoms with Gasteiger partial charge in [-0.2, -0.15) is 5.10 Å². The van der Waals surface area contributed by atoms with E-state index in [0.717, 1.165) is 44.1 Å². The number of para-hydroxylation sites is 1. The summed E-state index contributed by atoms with van der Waals surface area (Å²) in [6.07, 6.45) is 1.77. The monoisotopic (exact) mass is 524 g/mol. The molecule has 0 aliphatic carbocycles. The predicted molar refractivity (Wildman–Crippen MR) is 153 cm³/mol. The number of rotatable bonds is 9. The van der Waals surface area contributed by atoms with Crippen LogP contribution in [-0.2, 0) is 22.6 Å². The van der Waals surface area contributed by atoms with Crippen LogP contribution < -0.4 is 15.2 Å². The molecule has 8 heteroatoms. The molecular formula is C31H32N4O4. The minimum Gasteiger partial charge on any atom is -0.487 e. The maximum atomic E-state index is 12.1. The number of pyridine rings is 1. The smallest absolute Gasteiger partial charge is 0.310 e. The van der Waals surface area contributed by atoms with Gasteiger partial charge in [-0.25, -0.2) is 4.98 Å². The number of ether oxygens (including phenoxy) is 3. The van der Waals surface area contributed by atoms with Gasteiger partial charge in [0, 0.05) is 27.8 Å². The van der Waals surface area contributed by atoms with Crippen LogP contribution in [0.3, 0.4) is 0 Å². The molecule has 2 aromatic heterocycles. The molecular weight excluding hydrogens is 492 g/mol. The molecule has 0 saturated heterocycles. The van der Waals surface area contributed by atoms with Gasteiger partial charge in [-0.15, -0.1) is 0 Å². The van der Waals surface area contributed by atoms with Crippen LogP contribution >= 0.6 is 0 Å². The molecule has 3 aromatic carbocycles. The minimum absolute atomic E-state index is 0.154. The summed E-state index contributed by atoms with van der Waals surface area (Å²) < 4.78 is 18.8. The van der Waals surface area contributed by atoms with Crippen LogP contribution in [0.5, 0.6) is 11.6 Å². The molecule has 0 radical (unpaired) electrons. The maximum Gasteiger partial charge on any atom is 0.310 e. The van der Waals surface area contributed by atoms with Crippen LogP contribution in [0, 0.1) is 0 Å². The average Bonchev–Trinajstić information content (AvgIpc) is 3.31. The number of esters is 1. The van der Waals surface area contributed by atoms with Gasteiger partial charge < -0.3 is 19.9 Å². The normalized spacial score (nSPS) is 11.3. The summed E-state index contributed by atoms with van der Waals surface area (Å²) in [6.45, 7) is 6.61. The van der Waals surface area contributed by atoms with Crippen LogP contribution in [0.4, 0.5) is 5.69 Å². The molecule has 0 spiro atoms. The van der Waals surface area contributed by atoms with E-state index in [0.29, 0.717) is 23.9 Å². The first-order valence-corrected chi connectivity index (χ1v) is 13.0. The molecule has 0 aliphatic rings. The summed E-state index contributed by atoms with van der Waals surface area (Å²) in [5, 5.41) is 7.66. The molecule has 5 aromatic rings. The van der Waals surface area contributed by atoms with Crippen molar-refractivity contribution in [1.82, 2.24) is 14.8 Å². The Hall–Kier alpha value is -4.59. The number of methoxy groups -OCH3 is 1. The minimum atomic E-state index is -0.280. The Balaban J connectivity index is 1.51. The molecule has 8 nitrogen and oxygen atoms in total. The van der Waals surface area contributed by atoms with Crippen LogP contribution in [0.25, 0.3) is 32.8 Å². The van der Waals surface area contributed by atoms with Crippen molar-refractivity contribution < 1.29 is 19.0 Å².